The summed E-state index contributed by atoms with van der Waals surface area (Å²) in [5.74, 6) is 0. The maximum atomic E-state index is 12.5. The van der Waals surface area contributed by atoms with Crippen molar-refractivity contribution in [2.24, 2.45) is 0 Å². The van der Waals surface area contributed by atoms with Gasteiger partial charge in [0.1, 0.15) is 0 Å². The van der Waals surface area contributed by atoms with Crippen molar-refractivity contribution in [3.63, 3.8) is 0 Å². The van der Waals surface area contributed by atoms with Gasteiger partial charge in [-0.3, -0.25) is 0 Å². The Balaban J connectivity index is 3.88. The van der Waals surface area contributed by atoms with Crippen LogP contribution in [0.15, 0.2) is 0 Å². The summed E-state index contributed by atoms with van der Waals surface area (Å²) in [5, 5.41) is 3.15. The van der Waals surface area contributed by atoms with Gasteiger partial charge in [-0.2, -0.15) is 0 Å². The van der Waals surface area contributed by atoms with Crippen LogP contribution in [0.4, 0.5) is 4.79 Å². The van der Waals surface area contributed by atoms with Crippen molar-refractivity contribution in [1.29, 1.82) is 0 Å². The number of carbonyl (C=O) groups excluding carboxylic acids is 1. The average molecular weight is 355 g/mol. The molecular weight excluding hydrogens is 308 g/mol. The van der Waals surface area contributed by atoms with Gasteiger partial charge in [-0.05, 0) is 19.3 Å². The Kier molecular flexibility index (Phi) is 19.0. The Labute approximate surface area is 158 Å². The monoisotopic (exact) mass is 354 g/mol. The highest BCUT2D eigenvalue weighted by atomic mass is 16.2. The third-order valence-corrected chi connectivity index (χ3v) is 4.91. The van der Waals surface area contributed by atoms with E-state index in [1.165, 1.54) is 77.0 Å². The lowest BCUT2D eigenvalue weighted by Crippen LogP contribution is -2.41. The number of hydrogen-bond donors (Lipinski definition) is 1. The second-order valence-electron chi connectivity index (χ2n) is 7.46. The topological polar surface area (TPSA) is 32.3 Å². The first-order valence-electron chi connectivity index (χ1n) is 11.3. The minimum atomic E-state index is 0.166. The Bertz CT molecular complexity index is 269. The second kappa shape index (κ2) is 19.6. The molecule has 0 rings (SSSR count). The third kappa shape index (κ3) is 16.5. The van der Waals surface area contributed by atoms with Crippen LogP contribution in [0.5, 0.6) is 0 Å². The fraction of sp³-hybridized carbons (Fsp3) is 0.955. The number of carbonyl (C=O) groups is 1. The van der Waals surface area contributed by atoms with Crippen LogP contribution >= 0.6 is 0 Å². The quantitative estimate of drug-likeness (QED) is 0.266. The minimum Gasteiger partial charge on any atom is -0.338 e. The van der Waals surface area contributed by atoms with Gasteiger partial charge in [0, 0.05) is 19.6 Å². The Hall–Kier alpha value is -0.730. The summed E-state index contributed by atoms with van der Waals surface area (Å²) in [7, 11) is 0. The molecular formula is C22H46N2O. The number of amides is 2. The van der Waals surface area contributed by atoms with Crippen molar-refractivity contribution in [2.45, 2.75) is 117 Å². The SMILES string of the molecule is CCCCCCCCCNC(=O)N(CCCCCC)CCCCCC. The zero-order valence-corrected chi connectivity index (χ0v) is 17.6. The van der Waals surface area contributed by atoms with Gasteiger partial charge in [0.2, 0.25) is 0 Å². The van der Waals surface area contributed by atoms with E-state index in [0.29, 0.717) is 0 Å². The van der Waals surface area contributed by atoms with Crippen molar-refractivity contribution >= 4 is 6.03 Å². The van der Waals surface area contributed by atoms with Gasteiger partial charge < -0.3 is 10.2 Å². The molecule has 0 aromatic rings. The van der Waals surface area contributed by atoms with Gasteiger partial charge in [-0.15, -0.1) is 0 Å². The van der Waals surface area contributed by atoms with Crippen molar-refractivity contribution in [1.82, 2.24) is 10.2 Å². The second-order valence-corrected chi connectivity index (χ2v) is 7.46. The van der Waals surface area contributed by atoms with Crippen molar-refractivity contribution in [2.75, 3.05) is 19.6 Å². The van der Waals surface area contributed by atoms with E-state index < -0.39 is 0 Å². The Morgan fingerprint density at radius 1 is 0.600 bits per heavy atom. The normalized spacial score (nSPS) is 10.8. The molecule has 2 amide bonds. The van der Waals surface area contributed by atoms with E-state index in [-0.39, 0.29) is 6.03 Å². The summed E-state index contributed by atoms with van der Waals surface area (Å²) in [6.45, 7) is 9.41. The zero-order chi connectivity index (χ0) is 18.6. The number of rotatable bonds is 18. The van der Waals surface area contributed by atoms with Gasteiger partial charge in [0.05, 0.1) is 0 Å². The van der Waals surface area contributed by atoms with Gasteiger partial charge in [0.15, 0.2) is 0 Å². The highest BCUT2D eigenvalue weighted by molar-refractivity contribution is 5.74. The molecule has 0 aliphatic carbocycles. The molecule has 0 heterocycles. The average Bonchev–Trinajstić information content (AvgIpc) is 2.62. The van der Waals surface area contributed by atoms with Crippen LogP contribution in [-0.4, -0.2) is 30.6 Å². The number of nitrogens with zero attached hydrogens (tertiary/aromatic N) is 1. The van der Waals surface area contributed by atoms with E-state index in [9.17, 15) is 4.79 Å². The van der Waals surface area contributed by atoms with Gasteiger partial charge in [-0.25, -0.2) is 4.79 Å². The Morgan fingerprint density at radius 3 is 1.48 bits per heavy atom. The molecule has 1 N–H and O–H groups in total. The van der Waals surface area contributed by atoms with Gasteiger partial charge in [0.25, 0.3) is 0 Å². The summed E-state index contributed by atoms with van der Waals surface area (Å²) >= 11 is 0. The van der Waals surface area contributed by atoms with Crippen LogP contribution in [0.1, 0.15) is 117 Å². The molecule has 25 heavy (non-hydrogen) atoms. The van der Waals surface area contributed by atoms with E-state index in [1.807, 2.05) is 0 Å². The van der Waals surface area contributed by atoms with Crippen LogP contribution in [-0.2, 0) is 0 Å². The summed E-state index contributed by atoms with van der Waals surface area (Å²) in [5.41, 5.74) is 0. The summed E-state index contributed by atoms with van der Waals surface area (Å²) < 4.78 is 0. The molecule has 0 radical (unpaired) electrons. The smallest absolute Gasteiger partial charge is 0.317 e. The molecule has 0 saturated heterocycles. The van der Waals surface area contributed by atoms with Crippen LogP contribution in [0.25, 0.3) is 0 Å². The first kappa shape index (κ1) is 24.3. The third-order valence-electron chi connectivity index (χ3n) is 4.91. The molecule has 0 aromatic carbocycles. The molecule has 0 aliphatic rings. The van der Waals surface area contributed by atoms with Gasteiger partial charge in [-0.1, -0.05) is 97.8 Å². The molecule has 0 saturated carbocycles. The molecule has 0 bridgehead atoms. The zero-order valence-electron chi connectivity index (χ0n) is 17.6. The van der Waals surface area contributed by atoms with Crippen LogP contribution in [0.3, 0.4) is 0 Å². The van der Waals surface area contributed by atoms with E-state index in [4.69, 9.17) is 0 Å². The Morgan fingerprint density at radius 2 is 1.00 bits per heavy atom. The maximum Gasteiger partial charge on any atom is 0.317 e. The standard InChI is InChI=1S/C22H46N2O/c1-4-7-10-13-14-15-16-19-23-22(25)24(20-17-11-8-5-2)21-18-12-9-6-3/h4-21H2,1-3H3,(H,23,25). The fourth-order valence-electron chi connectivity index (χ4n) is 3.16. The highest BCUT2D eigenvalue weighted by Crippen LogP contribution is 2.08. The van der Waals surface area contributed by atoms with E-state index >= 15 is 0 Å². The predicted molar refractivity (Wildman–Crippen MR) is 111 cm³/mol. The first-order valence-corrected chi connectivity index (χ1v) is 11.3. The molecule has 0 unspecified atom stereocenters. The molecule has 0 atom stereocenters. The van der Waals surface area contributed by atoms with Crippen molar-refractivity contribution in [3.8, 4) is 0 Å². The number of hydrogen-bond acceptors (Lipinski definition) is 1. The van der Waals surface area contributed by atoms with Crippen LogP contribution < -0.4 is 5.32 Å². The summed E-state index contributed by atoms with van der Waals surface area (Å²) in [6, 6.07) is 0.166. The highest BCUT2D eigenvalue weighted by Gasteiger charge is 2.11. The number of unbranched alkanes of at least 4 members (excludes halogenated alkanes) is 12. The largest absolute Gasteiger partial charge is 0.338 e. The van der Waals surface area contributed by atoms with Crippen molar-refractivity contribution < 1.29 is 4.79 Å². The van der Waals surface area contributed by atoms with E-state index in [0.717, 1.165) is 38.9 Å². The summed E-state index contributed by atoms with van der Waals surface area (Å²) in [4.78, 5) is 14.5. The molecule has 150 valence electrons. The molecule has 3 heteroatoms. The molecule has 0 fully saturated rings. The molecule has 3 nitrogen and oxygen atoms in total. The van der Waals surface area contributed by atoms with Crippen LogP contribution in [0, 0.1) is 0 Å². The minimum absolute atomic E-state index is 0.166. The lowest BCUT2D eigenvalue weighted by molar-refractivity contribution is 0.195. The predicted octanol–water partition coefficient (Wildman–Crippen LogP) is 6.91. The van der Waals surface area contributed by atoms with E-state index in [2.05, 4.69) is 31.0 Å². The number of urea groups is 1. The fourth-order valence-corrected chi connectivity index (χ4v) is 3.16. The molecule has 0 aliphatic heterocycles. The first-order chi connectivity index (χ1) is 12.3. The number of nitrogens with one attached hydrogen (secondary N) is 1. The van der Waals surface area contributed by atoms with E-state index in [1.54, 1.807) is 0 Å². The molecule has 0 spiro atoms. The van der Waals surface area contributed by atoms with Gasteiger partial charge >= 0.3 is 6.03 Å². The van der Waals surface area contributed by atoms with Crippen molar-refractivity contribution in [3.05, 3.63) is 0 Å². The lowest BCUT2D eigenvalue weighted by atomic mass is 10.1. The molecule has 0 aromatic heterocycles. The summed E-state index contributed by atoms with van der Waals surface area (Å²) in [6.07, 6.45) is 18.9. The maximum absolute atomic E-state index is 12.5. The van der Waals surface area contributed by atoms with Crippen LogP contribution in [0.2, 0.25) is 0 Å². The lowest BCUT2D eigenvalue weighted by Gasteiger charge is -2.23.